The maximum Gasteiger partial charge on any atom is 0.338 e. The summed E-state index contributed by atoms with van der Waals surface area (Å²) in [5.41, 5.74) is -0.336. The van der Waals surface area contributed by atoms with E-state index in [0.717, 1.165) is 0 Å². The quantitative estimate of drug-likeness (QED) is 0.863. The number of carboxylic acids is 1. The van der Waals surface area contributed by atoms with E-state index in [2.05, 4.69) is 0 Å². The third-order valence-corrected chi connectivity index (χ3v) is 3.30. The number of rotatable bonds is 4. The Balaban J connectivity index is 2.78. The van der Waals surface area contributed by atoms with Crippen LogP contribution in [0, 0.1) is 5.82 Å². The summed E-state index contributed by atoms with van der Waals surface area (Å²) in [7, 11) is 0. The summed E-state index contributed by atoms with van der Waals surface area (Å²) in [4.78, 5) is 23.5. The fourth-order valence-electron chi connectivity index (χ4n) is 2.10. The predicted octanol–water partition coefficient (Wildman–Crippen LogP) is 4.02. The van der Waals surface area contributed by atoms with Crippen molar-refractivity contribution in [2.24, 2.45) is 0 Å². The van der Waals surface area contributed by atoms with Gasteiger partial charge in [0.15, 0.2) is 0 Å². The van der Waals surface area contributed by atoms with Crippen LogP contribution in [-0.4, -0.2) is 23.7 Å². The van der Waals surface area contributed by atoms with E-state index >= 15 is 0 Å². The first kappa shape index (κ1) is 16.0. The molecule has 0 unspecified atom stereocenters. The second kappa shape index (κ2) is 6.58. The van der Waals surface area contributed by atoms with Gasteiger partial charge < -0.3 is 9.84 Å². The Bertz CT molecular complexity index is 743. The fourth-order valence-corrected chi connectivity index (χ4v) is 2.27. The van der Waals surface area contributed by atoms with Crippen molar-refractivity contribution in [3.05, 3.63) is 58.4 Å². The van der Waals surface area contributed by atoms with Crippen LogP contribution in [0.1, 0.15) is 27.6 Å². The monoisotopic (exact) mass is 322 g/mol. The van der Waals surface area contributed by atoms with E-state index in [9.17, 15) is 19.1 Å². The topological polar surface area (TPSA) is 63.6 Å². The van der Waals surface area contributed by atoms with E-state index in [-0.39, 0.29) is 33.9 Å². The van der Waals surface area contributed by atoms with Crippen molar-refractivity contribution in [3.8, 4) is 11.1 Å². The van der Waals surface area contributed by atoms with Gasteiger partial charge in [0, 0.05) is 11.1 Å². The zero-order valence-electron chi connectivity index (χ0n) is 11.6. The lowest BCUT2D eigenvalue weighted by Crippen LogP contribution is -2.11. The van der Waals surface area contributed by atoms with Crippen LogP contribution < -0.4 is 0 Å². The van der Waals surface area contributed by atoms with Crippen LogP contribution in [-0.2, 0) is 4.74 Å². The van der Waals surface area contributed by atoms with E-state index in [0.29, 0.717) is 0 Å². The van der Waals surface area contributed by atoms with E-state index in [4.69, 9.17) is 16.3 Å². The minimum atomic E-state index is -1.28. The molecule has 0 aliphatic carbocycles. The van der Waals surface area contributed by atoms with Crippen molar-refractivity contribution >= 4 is 23.5 Å². The fraction of sp³-hybridized carbons (Fsp3) is 0.125. The first-order valence-corrected chi connectivity index (χ1v) is 6.83. The summed E-state index contributed by atoms with van der Waals surface area (Å²) in [6.45, 7) is 1.74. The van der Waals surface area contributed by atoms with Gasteiger partial charge in [-0.2, -0.15) is 0 Å². The average Bonchev–Trinajstić information content (AvgIpc) is 2.49. The molecule has 114 valence electrons. The summed E-state index contributed by atoms with van der Waals surface area (Å²) in [5.74, 6) is -2.79. The van der Waals surface area contributed by atoms with E-state index in [1.165, 1.54) is 36.4 Å². The molecule has 1 N–H and O–H groups in total. The smallest absolute Gasteiger partial charge is 0.338 e. The molecule has 0 heterocycles. The molecule has 0 fully saturated rings. The summed E-state index contributed by atoms with van der Waals surface area (Å²) in [5, 5.41) is 9.16. The number of aromatic carboxylic acids is 1. The number of hydrogen-bond donors (Lipinski definition) is 1. The highest BCUT2D eigenvalue weighted by molar-refractivity contribution is 6.31. The van der Waals surface area contributed by atoms with E-state index in [1.54, 1.807) is 6.92 Å². The molecule has 0 saturated heterocycles. The standard InChI is InChI=1S/C16H12ClFO4/c1-2-22-16(21)11-7-3-6-10(15(19)20)13(11)9-5-4-8-12(17)14(9)18/h3-8H,2H2,1H3,(H,19,20). The summed E-state index contributed by atoms with van der Waals surface area (Å²) in [6.07, 6.45) is 0. The molecule has 0 aliphatic rings. The Morgan fingerprint density at radius 1 is 1.18 bits per heavy atom. The van der Waals surface area contributed by atoms with Crippen molar-refractivity contribution in [2.75, 3.05) is 6.61 Å². The molecule has 6 heteroatoms. The van der Waals surface area contributed by atoms with Crippen LogP contribution in [0.15, 0.2) is 36.4 Å². The first-order valence-electron chi connectivity index (χ1n) is 6.45. The summed E-state index contributed by atoms with van der Waals surface area (Å²) < 4.78 is 19.2. The van der Waals surface area contributed by atoms with Crippen LogP contribution in [0.2, 0.25) is 5.02 Å². The normalized spacial score (nSPS) is 10.3. The highest BCUT2D eigenvalue weighted by atomic mass is 35.5. The maximum atomic E-state index is 14.3. The molecule has 0 atom stereocenters. The number of hydrogen-bond acceptors (Lipinski definition) is 3. The molecule has 0 saturated carbocycles. The SMILES string of the molecule is CCOC(=O)c1cccc(C(=O)O)c1-c1cccc(Cl)c1F. The molecule has 0 radical (unpaired) electrons. The van der Waals surface area contributed by atoms with Gasteiger partial charge in [0.05, 0.1) is 22.8 Å². The van der Waals surface area contributed by atoms with Gasteiger partial charge in [0.2, 0.25) is 0 Å². The third kappa shape index (κ3) is 2.94. The van der Waals surface area contributed by atoms with Crippen LogP contribution in [0.25, 0.3) is 11.1 Å². The average molecular weight is 323 g/mol. The molecular weight excluding hydrogens is 311 g/mol. The molecule has 2 aromatic rings. The van der Waals surface area contributed by atoms with Gasteiger partial charge >= 0.3 is 11.9 Å². The Hall–Kier alpha value is -2.40. The zero-order valence-corrected chi connectivity index (χ0v) is 12.4. The van der Waals surface area contributed by atoms with Crippen molar-refractivity contribution in [3.63, 3.8) is 0 Å². The van der Waals surface area contributed by atoms with Crippen molar-refractivity contribution < 1.29 is 23.8 Å². The zero-order chi connectivity index (χ0) is 16.3. The van der Waals surface area contributed by atoms with Gasteiger partial charge in [-0.05, 0) is 25.1 Å². The molecule has 0 bridgehead atoms. The Kier molecular flexibility index (Phi) is 4.78. The van der Waals surface area contributed by atoms with Gasteiger partial charge in [-0.3, -0.25) is 0 Å². The molecular formula is C16H12ClFO4. The lowest BCUT2D eigenvalue weighted by Gasteiger charge is -2.13. The maximum absolute atomic E-state index is 14.3. The highest BCUT2D eigenvalue weighted by Crippen LogP contribution is 2.33. The van der Waals surface area contributed by atoms with E-state index < -0.39 is 17.8 Å². The number of benzene rings is 2. The number of esters is 1. The van der Waals surface area contributed by atoms with Crippen molar-refractivity contribution in [2.45, 2.75) is 6.92 Å². The van der Waals surface area contributed by atoms with Gasteiger partial charge in [0.1, 0.15) is 5.82 Å². The molecule has 2 rings (SSSR count). The highest BCUT2D eigenvalue weighted by Gasteiger charge is 2.23. The molecule has 0 aromatic heterocycles. The van der Waals surface area contributed by atoms with Crippen LogP contribution in [0.4, 0.5) is 4.39 Å². The molecule has 0 aliphatic heterocycles. The number of carbonyl (C=O) groups excluding carboxylic acids is 1. The van der Waals surface area contributed by atoms with Crippen LogP contribution >= 0.6 is 11.6 Å². The number of carbonyl (C=O) groups is 2. The number of halogens is 2. The van der Waals surface area contributed by atoms with Crippen LogP contribution in [0.5, 0.6) is 0 Å². The molecule has 22 heavy (non-hydrogen) atoms. The number of carboxylic acid groups (broad SMARTS) is 1. The molecule has 2 aromatic carbocycles. The minimum absolute atomic E-state index is 0.0251. The lowest BCUT2D eigenvalue weighted by molar-refractivity contribution is 0.0527. The predicted molar refractivity (Wildman–Crippen MR) is 79.8 cm³/mol. The molecule has 4 nitrogen and oxygen atoms in total. The molecule has 0 amide bonds. The Morgan fingerprint density at radius 3 is 2.45 bits per heavy atom. The van der Waals surface area contributed by atoms with Crippen molar-refractivity contribution in [1.82, 2.24) is 0 Å². The second-order valence-electron chi connectivity index (χ2n) is 4.36. The van der Waals surface area contributed by atoms with Gasteiger partial charge in [-0.15, -0.1) is 0 Å². The number of ether oxygens (including phenoxy) is 1. The van der Waals surface area contributed by atoms with Crippen molar-refractivity contribution in [1.29, 1.82) is 0 Å². The van der Waals surface area contributed by atoms with Gasteiger partial charge in [-0.1, -0.05) is 29.8 Å². The summed E-state index contributed by atoms with van der Waals surface area (Å²) >= 11 is 5.75. The van der Waals surface area contributed by atoms with Gasteiger partial charge in [0.25, 0.3) is 0 Å². The Morgan fingerprint density at radius 2 is 1.82 bits per heavy atom. The first-order chi connectivity index (χ1) is 10.5. The van der Waals surface area contributed by atoms with Crippen LogP contribution in [0.3, 0.4) is 0 Å². The second-order valence-corrected chi connectivity index (χ2v) is 4.76. The molecule has 0 spiro atoms. The van der Waals surface area contributed by atoms with Gasteiger partial charge in [-0.25, -0.2) is 14.0 Å². The minimum Gasteiger partial charge on any atom is -0.478 e. The largest absolute Gasteiger partial charge is 0.478 e. The summed E-state index contributed by atoms with van der Waals surface area (Å²) in [6, 6.07) is 8.27. The third-order valence-electron chi connectivity index (χ3n) is 3.01. The lowest BCUT2D eigenvalue weighted by atomic mass is 9.94. The van der Waals surface area contributed by atoms with E-state index in [1.807, 2.05) is 0 Å². The Labute approximate surface area is 131 Å².